The fourth-order valence-corrected chi connectivity index (χ4v) is 3.98. The highest BCUT2D eigenvalue weighted by molar-refractivity contribution is 7.18. The van der Waals surface area contributed by atoms with Crippen LogP contribution in [0, 0.1) is 6.92 Å². The molecular formula is C24H24N2O6S. The van der Waals surface area contributed by atoms with Gasteiger partial charge in [0.1, 0.15) is 4.88 Å². The van der Waals surface area contributed by atoms with E-state index in [-0.39, 0.29) is 24.1 Å². The smallest absolute Gasteiger partial charge is 0.349 e. The van der Waals surface area contributed by atoms with Crippen molar-refractivity contribution in [1.82, 2.24) is 5.32 Å². The highest BCUT2D eigenvalue weighted by Gasteiger charge is 2.19. The molecule has 3 aromatic rings. The molecule has 0 spiro atoms. The third-order valence-corrected chi connectivity index (χ3v) is 5.84. The van der Waals surface area contributed by atoms with Gasteiger partial charge in [0.15, 0.2) is 18.2 Å². The van der Waals surface area contributed by atoms with Crippen molar-refractivity contribution in [3.8, 4) is 0 Å². The zero-order valence-electron chi connectivity index (χ0n) is 18.3. The summed E-state index contributed by atoms with van der Waals surface area (Å²) in [6.07, 6.45) is 2.98. The lowest BCUT2D eigenvalue weighted by atomic mass is 10.1. The Morgan fingerprint density at radius 1 is 1.09 bits per heavy atom. The highest BCUT2D eigenvalue weighted by atomic mass is 32.1. The van der Waals surface area contributed by atoms with Gasteiger partial charge in [-0.3, -0.25) is 14.4 Å². The normalized spacial score (nSPS) is 10.5. The summed E-state index contributed by atoms with van der Waals surface area (Å²) in [6.45, 7) is 3.42. The molecule has 33 heavy (non-hydrogen) atoms. The summed E-state index contributed by atoms with van der Waals surface area (Å²) in [7, 11) is 0. The van der Waals surface area contributed by atoms with Crippen LogP contribution in [0.3, 0.4) is 0 Å². The molecule has 0 bridgehead atoms. The number of anilines is 1. The van der Waals surface area contributed by atoms with Gasteiger partial charge in [-0.05, 0) is 49.1 Å². The first kappa shape index (κ1) is 23.9. The maximum Gasteiger partial charge on any atom is 0.349 e. The van der Waals surface area contributed by atoms with E-state index >= 15 is 0 Å². The van der Waals surface area contributed by atoms with Gasteiger partial charge in [0, 0.05) is 19.0 Å². The second-order valence-corrected chi connectivity index (χ2v) is 8.39. The molecule has 3 rings (SSSR count). The number of ether oxygens (including phenoxy) is 1. The number of esters is 1. The molecule has 8 nitrogen and oxygen atoms in total. The fourth-order valence-electron chi connectivity index (χ4n) is 3.02. The van der Waals surface area contributed by atoms with E-state index in [4.69, 9.17) is 9.15 Å². The van der Waals surface area contributed by atoms with E-state index in [1.54, 1.807) is 31.2 Å². The SMILES string of the molecule is CC(=O)NCCCc1ccc(C(=O)COC(=O)c2sc(NC(=O)c3ccco3)cc2C)cc1. The molecule has 9 heteroatoms. The number of Topliss-reactive ketones (excluding diaryl/α,β-unsaturated/α-hetero) is 1. The van der Waals surface area contributed by atoms with Crippen molar-refractivity contribution in [2.75, 3.05) is 18.5 Å². The number of rotatable bonds is 10. The number of amides is 2. The maximum absolute atomic E-state index is 12.5. The molecule has 1 aromatic carbocycles. The molecule has 2 amide bonds. The van der Waals surface area contributed by atoms with Crippen LogP contribution < -0.4 is 10.6 Å². The lowest BCUT2D eigenvalue weighted by molar-refractivity contribution is -0.118. The average molecular weight is 469 g/mol. The maximum atomic E-state index is 12.5. The largest absolute Gasteiger partial charge is 0.459 e. The van der Waals surface area contributed by atoms with Gasteiger partial charge >= 0.3 is 5.97 Å². The average Bonchev–Trinajstić information content (AvgIpc) is 3.45. The van der Waals surface area contributed by atoms with Crippen LogP contribution in [-0.4, -0.2) is 36.7 Å². The number of furan rings is 1. The van der Waals surface area contributed by atoms with Gasteiger partial charge < -0.3 is 19.8 Å². The number of hydrogen-bond acceptors (Lipinski definition) is 7. The molecule has 2 aromatic heterocycles. The van der Waals surface area contributed by atoms with E-state index in [1.165, 1.54) is 19.3 Å². The first-order valence-corrected chi connectivity index (χ1v) is 11.1. The molecule has 0 radical (unpaired) electrons. The first-order chi connectivity index (χ1) is 15.8. The third-order valence-electron chi connectivity index (χ3n) is 4.71. The zero-order valence-corrected chi connectivity index (χ0v) is 19.1. The minimum Gasteiger partial charge on any atom is -0.459 e. The van der Waals surface area contributed by atoms with E-state index in [2.05, 4.69) is 10.6 Å². The summed E-state index contributed by atoms with van der Waals surface area (Å²) >= 11 is 1.07. The Balaban J connectivity index is 1.50. The van der Waals surface area contributed by atoms with Crippen LogP contribution in [0.2, 0.25) is 0 Å². The quantitative estimate of drug-likeness (QED) is 0.264. The number of aryl methyl sites for hydroxylation is 2. The van der Waals surface area contributed by atoms with Gasteiger partial charge in [-0.1, -0.05) is 24.3 Å². The lowest BCUT2D eigenvalue weighted by Gasteiger charge is -2.06. The van der Waals surface area contributed by atoms with Crippen molar-refractivity contribution in [2.24, 2.45) is 0 Å². The molecule has 0 unspecified atom stereocenters. The van der Waals surface area contributed by atoms with Gasteiger partial charge in [-0.2, -0.15) is 0 Å². The minimum absolute atomic E-state index is 0.0573. The summed E-state index contributed by atoms with van der Waals surface area (Å²) in [4.78, 5) is 48.1. The Morgan fingerprint density at radius 2 is 1.85 bits per heavy atom. The summed E-state index contributed by atoms with van der Waals surface area (Å²) < 4.78 is 10.2. The second-order valence-electron chi connectivity index (χ2n) is 7.34. The van der Waals surface area contributed by atoms with Crippen molar-refractivity contribution >= 4 is 39.9 Å². The molecule has 0 fully saturated rings. The number of carbonyl (C=O) groups is 4. The van der Waals surface area contributed by atoms with Crippen LogP contribution in [0.1, 0.15) is 55.1 Å². The van der Waals surface area contributed by atoms with Crippen molar-refractivity contribution in [3.63, 3.8) is 0 Å². The predicted molar refractivity (Wildman–Crippen MR) is 124 cm³/mol. The lowest BCUT2D eigenvalue weighted by Crippen LogP contribution is -2.21. The summed E-state index contributed by atoms with van der Waals surface area (Å²) in [5.74, 6) is -1.25. The van der Waals surface area contributed by atoms with Crippen LogP contribution in [0.15, 0.2) is 53.1 Å². The summed E-state index contributed by atoms with van der Waals surface area (Å²) in [5, 5.41) is 5.89. The van der Waals surface area contributed by atoms with E-state index < -0.39 is 11.9 Å². The van der Waals surface area contributed by atoms with Crippen LogP contribution in [0.4, 0.5) is 5.00 Å². The van der Waals surface area contributed by atoms with E-state index in [0.717, 1.165) is 29.7 Å². The van der Waals surface area contributed by atoms with Crippen LogP contribution in [0.5, 0.6) is 0 Å². The van der Waals surface area contributed by atoms with Gasteiger partial charge in [0.05, 0.1) is 11.3 Å². The number of carbonyl (C=O) groups excluding carboxylic acids is 4. The van der Waals surface area contributed by atoms with E-state index in [0.29, 0.717) is 27.5 Å². The van der Waals surface area contributed by atoms with Gasteiger partial charge in [-0.25, -0.2) is 4.79 Å². The van der Waals surface area contributed by atoms with Gasteiger partial charge in [0.25, 0.3) is 5.91 Å². The minimum atomic E-state index is -0.626. The number of benzene rings is 1. The van der Waals surface area contributed by atoms with Gasteiger partial charge in [0.2, 0.25) is 5.91 Å². The Bertz CT molecular complexity index is 1130. The topological polar surface area (TPSA) is 115 Å². The Labute approximate surface area is 194 Å². The molecule has 2 N–H and O–H groups in total. The first-order valence-electron chi connectivity index (χ1n) is 10.3. The molecule has 2 heterocycles. The number of ketones is 1. The van der Waals surface area contributed by atoms with E-state index in [9.17, 15) is 19.2 Å². The summed E-state index contributed by atoms with van der Waals surface area (Å²) in [5.41, 5.74) is 2.13. The van der Waals surface area contributed by atoms with Crippen LogP contribution in [-0.2, 0) is 16.0 Å². The Kier molecular flexibility index (Phi) is 8.15. The zero-order chi connectivity index (χ0) is 23.8. The highest BCUT2D eigenvalue weighted by Crippen LogP contribution is 2.28. The number of thiophene rings is 1. The molecule has 0 saturated heterocycles. The molecule has 0 aliphatic heterocycles. The third kappa shape index (κ3) is 6.88. The Morgan fingerprint density at radius 3 is 2.52 bits per heavy atom. The summed E-state index contributed by atoms with van der Waals surface area (Å²) in [6, 6.07) is 11.9. The standard InChI is InChI=1S/C24H24N2O6S/c1-15-13-21(26-23(29)20-6-4-12-31-20)33-22(15)24(30)32-14-19(28)18-9-7-17(8-10-18)5-3-11-25-16(2)27/h4,6-10,12-13H,3,5,11,14H2,1-2H3,(H,25,27)(H,26,29). The monoisotopic (exact) mass is 468 g/mol. The molecule has 0 aliphatic rings. The molecule has 172 valence electrons. The van der Waals surface area contributed by atoms with Crippen molar-refractivity contribution < 1.29 is 28.3 Å². The predicted octanol–water partition coefficient (Wildman–Crippen LogP) is 4.01. The second kappa shape index (κ2) is 11.2. The molecule has 0 saturated carbocycles. The number of nitrogens with one attached hydrogen (secondary N) is 2. The Hall–Kier alpha value is -3.72. The molecular weight excluding hydrogens is 444 g/mol. The van der Waals surface area contributed by atoms with Crippen molar-refractivity contribution in [3.05, 3.63) is 76.1 Å². The van der Waals surface area contributed by atoms with E-state index in [1.807, 2.05) is 12.1 Å². The fraction of sp³-hybridized carbons (Fsp3) is 0.250. The van der Waals surface area contributed by atoms with Crippen molar-refractivity contribution in [1.29, 1.82) is 0 Å². The van der Waals surface area contributed by atoms with Crippen LogP contribution >= 0.6 is 11.3 Å². The molecule has 0 atom stereocenters. The molecule has 0 aliphatic carbocycles. The van der Waals surface area contributed by atoms with Crippen LogP contribution in [0.25, 0.3) is 0 Å². The van der Waals surface area contributed by atoms with Gasteiger partial charge in [-0.15, -0.1) is 11.3 Å². The van der Waals surface area contributed by atoms with Crippen molar-refractivity contribution in [2.45, 2.75) is 26.7 Å². The number of hydrogen-bond donors (Lipinski definition) is 2.